The average molecular weight is 361 g/mol. The minimum absolute atomic E-state index is 0.0960. The minimum Gasteiger partial charge on any atom is -0.450 e. The lowest BCUT2D eigenvalue weighted by atomic mass is 10.2. The van der Waals surface area contributed by atoms with E-state index in [0.717, 1.165) is 6.07 Å². The van der Waals surface area contributed by atoms with E-state index in [4.69, 9.17) is 0 Å². The molecule has 0 unspecified atom stereocenters. The molecule has 1 aromatic carbocycles. The van der Waals surface area contributed by atoms with Crippen LogP contribution in [0.5, 0.6) is 0 Å². The summed E-state index contributed by atoms with van der Waals surface area (Å²) >= 11 is 0. The molecule has 1 aromatic rings. The van der Waals surface area contributed by atoms with Crippen molar-refractivity contribution in [1.82, 2.24) is 10.2 Å². The van der Waals surface area contributed by atoms with E-state index < -0.39 is 41.0 Å². The average Bonchev–Trinajstić information content (AvgIpc) is 2.54. The van der Waals surface area contributed by atoms with Crippen molar-refractivity contribution in [3.8, 4) is 0 Å². The Kier molecular flexibility index (Phi) is 7.86. The monoisotopic (exact) mass is 361 g/mol. The molecule has 0 spiro atoms. The first-order chi connectivity index (χ1) is 11.8. The van der Waals surface area contributed by atoms with E-state index in [2.05, 4.69) is 10.1 Å². The molecule has 0 aliphatic rings. The first kappa shape index (κ1) is 20.4. The van der Waals surface area contributed by atoms with Crippen LogP contribution in [0, 0.1) is 17.5 Å². The Labute approximate surface area is 142 Å². The standard InChI is InChI=1S/C15H18F3N3O4/c1-3-21(8-12(23)20-15(24)25-4-2)7-11(22)19-10-6-5-9(16)13(17)14(10)18/h5-6H,3-4,7-8H2,1-2H3,(H,19,22)(H,20,23,24). The van der Waals surface area contributed by atoms with Gasteiger partial charge in [-0.15, -0.1) is 0 Å². The topological polar surface area (TPSA) is 87.7 Å². The van der Waals surface area contributed by atoms with Gasteiger partial charge in [0.05, 0.1) is 25.4 Å². The number of imide groups is 1. The number of carbonyl (C=O) groups excluding carboxylic acids is 3. The molecule has 0 fully saturated rings. The first-order valence-corrected chi connectivity index (χ1v) is 7.40. The van der Waals surface area contributed by atoms with Crippen LogP contribution in [-0.2, 0) is 14.3 Å². The van der Waals surface area contributed by atoms with Gasteiger partial charge in [-0.1, -0.05) is 6.92 Å². The van der Waals surface area contributed by atoms with Gasteiger partial charge in [0.1, 0.15) is 0 Å². The second kappa shape index (κ2) is 9.62. The van der Waals surface area contributed by atoms with Crippen LogP contribution in [0.15, 0.2) is 12.1 Å². The molecular weight excluding hydrogens is 343 g/mol. The fourth-order valence-corrected chi connectivity index (χ4v) is 1.82. The van der Waals surface area contributed by atoms with Crippen molar-refractivity contribution in [2.75, 3.05) is 31.6 Å². The molecule has 0 aromatic heterocycles. The van der Waals surface area contributed by atoms with Gasteiger partial charge in [0, 0.05) is 0 Å². The number of ether oxygens (including phenoxy) is 1. The predicted octanol–water partition coefficient (Wildman–Crippen LogP) is 1.64. The lowest BCUT2D eigenvalue weighted by Gasteiger charge is -2.19. The van der Waals surface area contributed by atoms with Gasteiger partial charge < -0.3 is 10.1 Å². The number of halogens is 3. The third-order valence-corrected chi connectivity index (χ3v) is 3.01. The number of rotatable bonds is 7. The molecule has 0 radical (unpaired) electrons. The van der Waals surface area contributed by atoms with Crippen LogP contribution in [0.3, 0.4) is 0 Å². The van der Waals surface area contributed by atoms with Crippen LogP contribution in [-0.4, -0.2) is 49.0 Å². The van der Waals surface area contributed by atoms with Crippen molar-refractivity contribution in [3.05, 3.63) is 29.6 Å². The predicted molar refractivity (Wildman–Crippen MR) is 82.2 cm³/mol. The number of hydrogen-bond acceptors (Lipinski definition) is 5. The zero-order valence-electron chi connectivity index (χ0n) is 13.7. The molecule has 1 rings (SSSR count). The number of amides is 3. The quantitative estimate of drug-likeness (QED) is 0.721. The molecule has 2 N–H and O–H groups in total. The Bertz CT molecular complexity index is 655. The molecule has 0 saturated heterocycles. The van der Waals surface area contributed by atoms with Crippen LogP contribution >= 0.6 is 0 Å². The van der Waals surface area contributed by atoms with Crippen LogP contribution in [0.25, 0.3) is 0 Å². The second-order valence-corrected chi connectivity index (χ2v) is 4.84. The third-order valence-electron chi connectivity index (χ3n) is 3.01. The minimum atomic E-state index is -1.70. The highest BCUT2D eigenvalue weighted by Crippen LogP contribution is 2.19. The molecule has 0 aliphatic heterocycles. The molecule has 25 heavy (non-hydrogen) atoms. The maximum absolute atomic E-state index is 13.5. The van der Waals surface area contributed by atoms with Crippen molar-refractivity contribution in [1.29, 1.82) is 0 Å². The van der Waals surface area contributed by atoms with Gasteiger partial charge in [0.2, 0.25) is 11.8 Å². The number of anilines is 1. The molecule has 0 atom stereocenters. The van der Waals surface area contributed by atoms with Gasteiger partial charge in [0.15, 0.2) is 17.5 Å². The largest absolute Gasteiger partial charge is 0.450 e. The first-order valence-electron chi connectivity index (χ1n) is 7.40. The Morgan fingerprint density at radius 2 is 1.68 bits per heavy atom. The summed E-state index contributed by atoms with van der Waals surface area (Å²) in [5.74, 6) is -6.01. The van der Waals surface area contributed by atoms with E-state index in [9.17, 15) is 27.6 Å². The van der Waals surface area contributed by atoms with E-state index >= 15 is 0 Å². The van der Waals surface area contributed by atoms with Gasteiger partial charge >= 0.3 is 6.09 Å². The molecule has 0 saturated carbocycles. The highest BCUT2D eigenvalue weighted by atomic mass is 19.2. The van der Waals surface area contributed by atoms with Crippen LogP contribution in [0.1, 0.15) is 13.8 Å². The lowest BCUT2D eigenvalue weighted by molar-refractivity contribution is -0.122. The molecule has 0 bridgehead atoms. The summed E-state index contributed by atoms with van der Waals surface area (Å²) in [6, 6.07) is 1.56. The van der Waals surface area contributed by atoms with E-state index in [1.165, 1.54) is 4.90 Å². The summed E-state index contributed by atoms with van der Waals surface area (Å²) in [7, 11) is 0. The van der Waals surface area contributed by atoms with Gasteiger partial charge in [-0.05, 0) is 25.6 Å². The number of nitrogens with zero attached hydrogens (tertiary/aromatic N) is 1. The highest BCUT2D eigenvalue weighted by Gasteiger charge is 2.18. The second-order valence-electron chi connectivity index (χ2n) is 4.84. The Balaban J connectivity index is 2.60. The molecule has 3 amide bonds. The molecule has 10 heteroatoms. The summed E-state index contributed by atoms with van der Waals surface area (Å²) in [6.07, 6.45) is -0.906. The summed E-state index contributed by atoms with van der Waals surface area (Å²) in [6.45, 7) is 2.98. The van der Waals surface area contributed by atoms with E-state index in [1.807, 2.05) is 5.32 Å². The summed E-state index contributed by atoms with van der Waals surface area (Å²) in [5.41, 5.74) is -0.518. The number of likely N-dealkylation sites (N-methyl/N-ethyl adjacent to an activating group) is 1. The van der Waals surface area contributed by atoms with Crippen LogP contribution in [0.2, 0.25) is 0 Å². The van der Waals surface area contributed by atoms with Gasteiger partial charge in [-0.25, -0.2) is 18.0 Å². The van der Waals surface area contributed by atoms with E-state index in [0.29, 0.717) is 6.07 Å². The maximum Gasteiger partial charge on any atom is 0.413 e. The molecule has 0 heterocycles. The lowest BCUT2D eigenvalue weighted by Crippen LogP contribution is -2.43. The van der Waals surface area contributed by atoms with Crippen molar-refractivity contribution in [2.24, 2.45) is 0 Å². The molecule has 0 aliphatic carbocycles. The summed E-state index contributed by atoms with van der Waals surface area (Å²) in [5, 5.41) is 4.06. The maximum atomic E-state index is 13.5. The number of alkyl carbamates (subject to hydrolysis) is 1. The normalized spacial score (nSPS) is 10.5. The summed E-state index contributed by atoms with van der Waals surface area (Å²) in [4.78, 5) is 36.0. The fourth-order valence-electron chi connectivity index (χ4n) is 1.82. The molecule has 138 valence electrons. The van der Waals surface area contributed by atoms with Gasteiger partial charge in [-0.2, -0.15) is 0 Å². The smallest absolute Gasteiger partial charge is 0.413 e. The number of hydrogen-bond donors (Lipinski definition) is 2. The zero-order chi connectivity index (χ0) is 19.0. The fraction of sp³-hybridized carbons (Fsp3) is 0.400. The van der Waals surface area contributed by atoms with Gasteiger partial charge in [-0.3, -0.25) is 19.8 Å². The zero-order valence-corrected chi connectivity index (χ0v) is 13.7. The van der Waals surface area contributed by atoms with Crippen molar-refractivity contribution in [2.45, 2.75) is 13.8 Å². The Hall–Kier alpha value is -2.62. The number of nitrogens with one attached hydrogen (secondary N) is 2. The number of carbonyl (C=O) groups is 3. The molecular formula is C15H18F3N3O4. The third kappa shape index (κ3) is 6.42. The summed E-state index contributed by atoms with van der Waals surface area (Å²) < 4.78 is 44.0. The molecule has 7 nitrogen and oxygen atoms in total. The Morgan fingerprint density at radius 3 is 2.28 bits per heavy atom. The van der Waals surface area contributed by atoms with E-state index in [1.54, 1.807) is 13.8 Å². The van der Waals surface area contributed by atoms with Gasteiger partial charge in [0.25, 0.3) is 0 Å². The Morgan fingerprint density at radius 1 is 1.04 bits per heavy atom. The number of benzene rings is 1. The van der Waals surface area contributed by atoms with Crippen molar-refractivity contribution < 1.29 is 32.3 Å². The van der Waals surface area contributed by atoms with Crippen LogP contribution < -0.4 is 10.6 Å². The highest BCUT2D eigenvalue weighted by molar-refractivity contribution is 5.94. The van der Waals surface area contributed by atoms with Crippen molar-refractivity contribution >= 4 is 23.6 Å². The van der Waals surface area contributed by atoms with E-state index in [-0.39, 0.29) is 26.2 Å². The van der Waals surface area contributed by atoms with Crippen molar-refractivity contribution in [3.63, 3.8) is 0 Å². The SMILES string of the molecule is CCOC(=O)NC(=O)CN(CC)CC(=O)Nc1ccc(F)c(F)c1F. The van der Waals surface area contributed by atoms with Crippen LogP contribution in [0.4, 0.5) is 23.7 Å².